The molecule has 1 heteroatoms. The van der Waals surface area contributed by atoms with E-state index in [0.717, 1.165) is 12.8 Å². The van der Waals surface area contributed by atoms with Gasteiger partial charge in [0.25, 0.3) is 0 Å². The van der Waals surface area contributed by atoms with E-state index in [2.05, 4.69) is 95.2 Å². The maximum atomic E-state index is 13.5. The summed E-state index contributed by atoms with van der Waals surface area (Å²) in [4.78, 5) is 13.5. The zero-order valence-electron chi connectivity index (χ0n) is 24.2. The van der Waals surface area contributed by atoms with Gasteiger partial charge in [0.05, 0.1) is 0 Å². The van der Waals surface area contributed by atoms with Crippen molar-refractivity contribution in [2.75, 3.05) is 0 Å². The smallest absolute Gasteiger partial charge is 0.140 e. The number of hydrogen-bond donors (Lipinski definition) is 0. The lowest BCUT2D eigenvalue weighted by atomic mass is 9.69. The van der Waals surface area contributed by atoms with Crippen LogP contribution >= 0.6 is 0 Å². The average Bonchev–Trinajstić information content (AvgIpc) is 2.94. The average molecular weight is 463 g/mol. The highest BCUT2D eigenvalue weighted by Crippen LogP contribution is 2.64. The molecule has 34 heavy (non-hydrogen) atoms. The van der Waals surface area contributed by atoms with Crippen LogP contribution in [0.2, 0.25) is 0 Å². The number of rotatable bonds is 4. The predicted octanol–water partition coefficient (Wildman–Crippen LogP) is 9.27. The van der Waals surface area contributed by atoms with Gasteiger partial charge in [0.1, 0.15) is 5.78 Å². The van der Waals surface area contributed by atoms with Crippen LogP contribution in [-0.2, 0) is 4.79 Å². The van der Waals surface area contributed by atoms with Crippen LogP contribution in [0.3, 0.4) is 0 Å². The molecule has 4 aliphatic carbocycles. The lowest BCUT2D eigenvalue weighted by molar-refractivity contribution is -0.117. The molecule has 0 aromatic heterocycles. The van der Waals surface area contributed by atoms with Gasteiger partial charge < -0.3 is 0 Å². The molecule has 0 heterocycles. The number of allylic oxidation sites excluding steroid dienone is 8. The standard InChI is InChI=1S/C33H50O/c1-19-13-26-28(32(9,10)21(3)30(26,5)6)17-23(19)15-25(34)16-24-18-29-27(14-20(24)2)31(7,8)22(4)33(29,11)12/h13-14,21-22,28-29H,15-18H2,1-12H3. The van der Waals surface area contributed by atoms with Gasteiger partial charge in [-0.1, -0.05) is 115 Å². The Morgan fingerprint density at radius 2 is 1.03 bits per heavy atom. The first-order chi connectivity index (χ1) is 15.4. The summed E-state index contributed by atoms with van der Waals surface area (Å²) in [6.45, 7) is 28.8. The van der Waals surface area contributed by atoms with Gasteiger partial charge in [0, 0.05) is 12.8 Å². The molecule has 1 nitrogen and oxygen atoms in total. The van der Waals surface area contributed by atoms with Crippen LogP contribution in [0.4, 0.5) is 0 Å². The van der Waals surface area contributed by atoms with Crippen molar-refractivity contribution in [2.24, 2.45) is 45.3 Å². The Kier molecular flexibility index (Phi) is 5.91. The van der Waals surface area contributed by atoms with Crippen LogP contribution in [0.15, 0.2) is 45.6 Å². The van der Waals surface area contributed by atoms with E-state index in [1.807, 2.05) is 0 Å². The van der Waals surface area contributed by atoms with Crippen LogP contribution in [0.5, 0.6) is 0 Å². The van der Waals surface area contributed by atoms with Crippen molar-refractivity contribution in [2.45, 2.75) is 109 Å². The Balaban J connectivity index is 1.53. The van der Waals surface area contributed by atoms with Gasteiger partial charge in [-0.05, 0) is 72.0 Å². The molecule has 4 unspecified atom stereocenters. The van der Waals surface area contributed by atoms with E-state index in [0.29, 0.717) is 42.3 Å². The summed E-state index contributed by atoms with van der Waals surface area (Å²) in [5, 5.41) is 0. The minimum absolute atomic E-state index is 0.234. The highest BCUT2D eigenvalue weighted by molar-refractivity contribution is 5.84. The van der Waals surface area contributed by atoms with E-state index < -0.39 is 0 Å². The van der Waals surface area contributed by atoms with Gasteiger partial charge in [-0.25, -0.2) is 0 Å². The Morgan fingerprint density at radius 3 is 1.35 bits per heavy atom. The molecule has 0 aromatic carbocycles. The second-order valence-corrected chi connectivity index (χ2v) is 14.7. The summed E-state index contributed by atoms with van der Waals surface area (Å²) in [7, 11) is 0. The van der Waals surface area contributed by atoms with E-state index in [4.69, 9.17) is 0 Å². The molecule has 0 N–H and O–H groups in total. The summed E-state index contributed by atoms with van der Waals surface area (Å²) < 4.78 is 0. The first kappa shape index (κ1) is 25.7. The first-order valence-corrected chi connectivity index (χ1v) is 13.8. The fourth-order valence-corrected chi connectivity index (χ4v) is 8.43. The maximum Gasteiger partial charge on any atom is 0.140 e. The van der Waals surface area contributed by atoms with Gasteiger partial charge in [-0.3, -0.25) is 4.79 Å². The highest BCUT2D eigenvalue weighted by Gasteiger charge is 2.56. The third kappa shape index (κ3) is 3.58. The molecule has 4 aliphatic rings. The molecule has 0 saturated heterocycles. The summed E-state index contributed by atoms with van der Waals surface area (Å²) in [5.74, 6) is 2.80. The van der Waals surface area contributed by atoms with Gasteiger partial charge in [-0.2, -0.15) is 0 Å². The normalized spacial score (nSPS) is 35.1. The molecule has 0 bridgehead atoms. The Bertz CT molecular complexity index is 950. The third-order valence-electron chi connectivity index (χ3n) is 12.0. The largest absolute Gasteiger partial charge is 0.299 e. The van der Waals surface area contributed by atoms with E-state index in [-0.39, 0.29) is 21.7 Å². The van der Waals surface area contributed by atoms with E-state index >= 15 is 0 Å². The number of Topliss-reactive ketones (excluding diaryl/α,β-unsaturated/α-hetero) is 1. The fraction of sp³-hybridized carbons (Fsp3) is 0.727. The van der Waals surface area contributed by atoms with Crippen LogP contribution in [0, 0.1) is 45.3 Å². The van der Waals surface area contributed by atoms with E-state index in [1.165, 1.54) is 22.3 Å². The van der Waals surface area contributed by atoms with Crippen molar-refractivity contribution in [3.8, 4) is 0 Å². The summed E-state index contributed by atoms with van der Waals surface area (Å²) in [6.07, 6.45) is 8.28. The van der Waals surface area contributed by atoms with Gasteiger partial charge in [0.2, 0.25) is 0 Å². The molecule has 2 saturated carbocycles. The van der Waals surface area contributed by atoms with Crippen molar-refractivity contribution in [3.05, 3.63) is 45.6 Å². The van der Waals surface area contributed by atoms with Crippen molar-refractivity contribution < 1.29 is 4.79 Å². The fourth-order valence-electron chi connectivity index (χ4n) is 8.43. The quantitative estimate of drug-likeness (QED) is 0.407. The molecule has 0 spiro atoms. The van der Waals surface area contributed by atoms with Crippen LogP contribution in [0.1, 0.15) is 109 Å². The molecule has 4 atom stereocenters. The van der Waals surface area contributed by atoms with E-state index in [9.17, 15) is 4.79 Å². The molecule has 188 valence electrons. The minimum atomic E-state index is 0.234. The number of ketones is 1. The number of fused-ring (bicyclic) bond motifs is 2. The summed E-state index contributed by atoms with van der Waals surface area (Å²) in [5.41, 5.74) is 9.71. The first-order valence-electron chi connectivity index (χ1n) is 13.8. The van der Waals surface area contributed by atoms with Crippen molar-refractivity contribution >= 4 is 5.78 Å². The molecular weight excluding hydrogens is 412 g/mol. The predicted molar refractivity (Wildman–Crippen MR) is 145 cm³/mol. The molecule has 0 radical (unpaired) electrons. The van der Waals surface area contributed by atoms with Crippen LogP contribution in [-0.4, -0.2) is 5.78 Å². The third-order valence-corrected chi connectivity index (χ3v) is 12.0. The molecule has 0 aliphatic heterocycles. The lowest BCUT2D eigenvalue weighted by Gasteiger charge is -2.35. The maximum absolute atomic E-state index is 13.5. The van der Waals surface area contributed by atoms with Crippen LogP contribution < -0.4 is 0 Å². The number of carbonyl (C=O) groups excluding carboxylic acids is 1. The molecular formula is C33H50O. The Morgan fingerprint density at radius 1 is 0.706 bits per heavy atom. The Hall–Kier alpha value is -1.37. The molecule has 4 rings (SSSR count). The second-order valence-electron chi connectivity index (χ2n) is 14.7. The van der Waals surface area contributed by atoms with Gasteiger partial charge in [0.15, 0.2) is 0 Å². The Labute approximate surface area is 210 Å². The number of hydrogen-bond acceptors (Lipinski definition) is 1. The zero-order valence-corrected chi connectivity index (χ0v) is 24.2. The number of carbonyl (C=O) groups is 1. The second kappa shape index (κ2) is 7.81. The summed E-state index contributed by atoms with van der Waals surface area (Å²) >= 11 is 0. The highest BCUT2D eigenvalue weighted by atomic mass is 16.1. The van der Waals surface area contributed by atoms with Crippen molar-refractivity contribution in [3.63, 3.8) is 0 Å². The monoisotopic (exact) mass is 462 g/mol. The molecule has 0 amide bonds. The SMILES string of the molecule is CC1=C(CC(=O)CC2=C(C)C=C3C(C2)C(C)(C)C(C)C3(C)C)CC2C(=C1)C(C)(C)C(C)C2(C)C. The zero-order chi connectivity index (χ0) is 25.6. The summed E-state index contributed by atoms with van der Waals surface area (Å²) in [6, 6.07) is 0. The van der Waals surface area contributed by atoms with Gasteiger partial charge in [-0.15, -0.1) is 0 Å². The molecule has 0 aromatic rings. The molecule has 2 fully saturated rings. The van der Waals surface area contributed by atoms with Crippen molar-refractivity contribution in [1.82, 2.24) is 0 Å². The van der Waals surface area contributed by atoms with E-state index in [1.54, 1.807) is 11.1 Å². The van der Waals surface area contributed by atoms with Gasteiger partial charge >= 0.3 is 0 Å². The minimum Gasteiger partial charge on any atom is -0.299 e. The lowest BCUT2D eigenvalue weighted by Crippen LogP contribution is -2.28. The van der Waals surface area contributed by atoms with Crippen molar-refractivity contribution in [1.29, 1.82) is 0 Å². The topological polar surface area (TPSA) is 17.1 Å². The van der Waals surface area contributed by atoms with Crippen LogP contribution in [0.25, 0.3) is 0 Å².